The molecule has 0 radical (unpaired) electrons. The molecule has 0 aromatic heterocycles. The maximum Gasteiger partial charge on any atom is 0.416 e. The van der Waals surface area contributed by atoms with E-state index in [2.05, 4.69) is 5.32 Å². The van der Waals surface area contributed by atoms with Gasteiger partial charge < -0.3 is 4.90 Å². The number of rotatable bonds is 4. The quantitative estimate of drug-likeness (QED) is 0.923. The molecule has 6 heteroatoms. The van der Waals surface area contributed by atoms with Crippen molar-refractivity contribution in [2.75, 3.05) is 13.1 Å². The van der Waals surface area contributed by atoms with Crippen molar-refractivity contribution in [3.8, 4) is 0 Å². The Morgan fingerprint density at radius 1 is 1.35 bits per heavy atom. The molecule has 1 amide bonds. The van der Waals surface area contributed by atoms with Crippen molar-refractivity contribution in [1.29, 1.82) is 0 Å². The number of amides is 1. The van der Waals surface area contributed by atoms with Crippen LogP contribution < -0.4 is 5.32 Å². The Balaban J connectivity index is 2.33. The predicted molar refractivity (Wildman–Crippen MR) is 68.8 cm³/mol. The first-order chi connectivity index (χ1) is 9.45. The molecule has 1 heterocycles. The maximum atomic E-state index is 13.0. The fourth-order valence-electron chi connectivity index (χ4n) is 2.39. The summed E-state index contributed by atoms with van der Waals surface area (Å²) in [7, 11) is 0. The first-order valence-corrected chi connectivity index (χ1v) is 6.64. The summed E-state index contributed by atoms with van der Waals surface area (Å²) in [4.78, 5) is 13.3. The van der Waals surface area contributed by atoms with E-state index in [1.54, 1.807) is 6.07 Å². The molecule has 1 atom stereocenters. The zero-order chi connectivity index (χ0) is 14.8. The van der Waals surface area contributed by atoms with Gasteiger partial charge in [-0.1, -0.05) is 31.5 Å². The summed E-state index contributed by atoms with van der Waals surface area (Å²) in [5.41, 5.74) is -0.573. The van der Waals surface area contributed by atoms with Gasteiger partial charge in [-0.3, -0.25) is 10.1 Å². The van der Waals surface area contributed by atoms with E-state index in [-0.39, 0.29) is 18.0 Å². The van der Waals surface area contributed by atoms with Crippen LogP contribution in [0.1, 0.15) is 37.1 Å². The van der Waals surface area contributed by atoms with Crippen molar-refractivity contribution in [3.05, 3.63) is 35.4 Å². The normalized spacial score (nSPS) is 19.7. The molecule has 1 saturated heterocycles. The van der Waals surface area contributed by atoms with Gasteiger partial charge in [0, 0.05) is 12.1 Å². The van der Waals surface area contributed by atoms with Gasteiger partial charge in [0.05, 0.1) is 12.1 Å². The van der Waals surface area contributed by atoms with Crippen LogP contribution in [0.4, 0.5) is 13.2 Å². The monoisotopic (exact) mass is 286 g/mol. The largest absolute Gasteiger partial charge is 0.416 e. The van der Waals surface area contributed by atoms with Crippen LogP contribution in [0.5, 0.6) is 0 Å². The summed E-state index contributed by atoms with van der Waals surface area (Å²) in [6, 6.07) is 5.41. The minimum atomic E-state index is -4.42. The Morgan fingerprint density at radius 3 is 2.70 bits per heavy atom. The smallest absolute Gasteiger partial charge is 0.322 e. The molecule has 110 valence electrons. The molecule has 3 nitrogen and oxygen atoms in total. The van der Waals surface area contributed by atoms with Crippen LogP contribution in [-0.2, 0) is 11.0 Å². The van der Waals surface area contributed by atoms with Crippen LogP contribution in [-0.4, -0.2) is 23.9 Å². The van der Waals surface area contributed by atoms with Crippen LogP contribution in [0.25, 0.3) is 0 Å². The Hall–Kier alpha value is -1.56. The molecule has 2 rings (SSSR count). The van der Waals surface area contributed by atoms with E-state index in [0.29, 0.717) is 6.54 Å². The number of halogens is 3. The van der Waals surface area contributed by atoms with E-state index < -0.39 is 17.9 Å². The van der Waals surface area contributed by atoms with E-state index in [1.807, 2.05) is 6.92 Å². The number of carbonyl (C=O) groups excluding carboxylic acids is 1. The summed E-state index contributed by atoms with van der Waals surface area (Å²) in [5, 5.41) is 2.87. The lowest BCUT2D eigenvalue weighted by molar-refractivity contribution is -0.139. The zero-order valence-electron chi connectivity index (χ0n) is 11.2. The minimum Gasteiger partial charge on any atom is -0.322 e. The maximum absolute atomic E-state index is 13.0. The van der Waals surface area contributed by atoms with Crippen LogP contribution in [0.15, 0.2) is 24.3 Å². The lowest BCUT2D eigenvalue weighted by atomic mass is 10.0. The van der Waals surface area contributed by atoms with Crippen LogP contribution in [0.3, 0.4) is 0 Å². The highest BCUT2D eigenvalue weighted by Gasteiger charge is 2.39. The van der Waals surface area contributed by atoms with E-state index >= 15 is 0 Å². The van der Waals surface area contributed by atoms with Gasteiger partial charge in [0.25, 0.3) is 0 Å². The molecule has 1 aliphatic rings. The van der Waals surface area contributed by atoms with Crippen molar-refractivity contribution in [1.82, 2.24) is 10.2 Å². The lowest BCUT2D eigenvalue weighted by Crippen LogP contribution is -2.32. The third kappa shape index (κ3) is 2.95. The fraction of sp³-hybridized carbons (Fsp3) is 0.500. The third-order valence-electron chi connectivity index (χ3n) is 3.39. The highest BCUT2D eigenvalue weighted by atomic mass is 19.4. The van der Waals surface area contributed by atoms with Crippen molar-refractivity contribution >= 4 is 5.91 Å². The molecule has 0 saturated carbocycles. The lowest BCUT2D eigenvalue weighted by Gasteiger charge is -2.26. The summed E-state index contributed by atoms with van der Waals surface area (Å²) in [6.07, 6.45) is -3.44. The predicted octanol–water partition coefficient (Wildman–Crippen LogP) is 2.94. The molecule has 0 bridgehead atoms. The van der Waals surface area contributed by atoms with E-state index in [9.17, 15) is 18.0 Å². The van der Waals surface area contributed by atoms with E-state index in [1.165, 1.54) is 17.0 Å². The summed E-state index contributed by atoms with van der Waals surface area (Å²) < 4.78 is 39.1. The Labute approximate surface area is 115 Å². The number of nitrogens with zero attached hydrogens (tertiary/aromatic N) is 1. The summed E-state index contributed by atoms with van der Waals surface area (Å²) >= 11 is 0. The molecule has 1 aliphatic heterocycles. The Kier molecular flexibility index (Phi) is 4.32. The summed E-state index contributed by atoms with van der Waals surface area (Å²) in [5.74, 6) is -0.152. The number of hydrogen-bond donors (Lipinski definition) is 1. The van der Waals surface area contributed by atoms with Gasteiger partial charge in [-0.2, -0.15) is 13.2 Å². The average Bonchev–Trinajstić information content (AvgIpc) is 2.76. The molecule has 1 fully saturated rings. The highest BCUT2D eigenvalue weighted by Crippen LogP contribution is 2.36. The SMILES string of the molecule is CCCCN1C(=O)CNC1c1ccccc1C(F)(F)F. The van der Waals surface area contributed by atoms with Gasteiger partial charge in [0.2, 0.25) is 5.91 Å². The van der Waals surface area contributed by atoms with Crippen molar-refractivity contribution in [3.63, 3.8) is 0 Å². The number of alkyl halides is 3. The van der Waals surface area contributed by atoms with Gasteiger partial charge in [0.1, 0.15) is 6.17 Å². The third-order valence-corrected chi connectivity index (χ3v) is 3.39. The van der Waals surface area contributed by atoms with Gasteiger partial charge >= 0.3 is 6.18 Å². The number of unbranched alkanes of at least 4 members (excludes halogenated alkanes) is 1. The Bertz CT molecular complexity index is 488. The first-order valence-electron chi connectivity index (χ1n) is 6.64. The van der Waals surface area contributed by atoms with Gasteiger partial charge in [-0.05, 0) is 12.5 Å². The van der Waals surface area contributed by atoms with E-state index in [0.717, 1.165) is 18.9 Å². The first kappa shape index (κ1) is 14.8. The zero-order valence-corrected chi connectivity index (χ0v) is 11.2. The van der Waals surface area contributed by atoms with Gasteiger partial charge in [0.15, 0.2) is 0 Å². The second-order valence-electron chi connectivity index (χ2n) is 4.81. The van der Waals surface area contributed by atoms with Crippen molar-refractivity contribution < 1.29 is 18.0 Å². The Morgan fingerprint density at radius 2 is 2.05 bits per heavy atom. The molecular formula is C14H17F3N2O. The number of benzene rings is 1. The molecule has 1 unspecified atom stereocenters. The second-order valence-corrected chi connectivity index (χ2v) is 4.81. The van der Waals surface area contributed by atoms with E-state index in [4.69, 9.17) is 0 Å². The van der Waals surface area contributed by atoms with Crippen molar-refractivity contribution in [2.45, 2.75) is 32.1 Å². The number of hydrogen-bond acceptors (Lipinski definition) is 2. The van der Waals surface area contributed by atoms with Crippen LogP contribution in [0, 0.1) is 0 Å². The van der Waals surface area contributed by atoms with Gasteiger partial charge in [-0.15, -0.1) is 0 Å². The summed E-state index contributed by atoms with van der Waals surface area (Å²) in [6.45, 7) is 2.53. The fourth-order valence-corrected chi connectivity index (χ4v) is 2.39. The average molecular weight is 286 g/mol. The van der Waals surface area contributed by atoms with Gasteiger partial charge in [-0.25, -0.2) is 0 Å². The molecule has 1 aromatic carbocycles. The molecule has 0 spiro atoms. The standard InChI is InChI=1S/C14H17F3N2O/c1-2-3-8-19-12(20)9-18-13(19)10-6-4-5-7-11(10)14(15,16)17/h4-7,13,18H,2-3,8-9H2,1H3. The molecule has 0 aliphatic carbocycles. The topological polar surface area (TPSA) is 32.3 Å². The van der Waals surface area contributed by atoms with Crippen LogP contribution >= 0.6 is 0 Å². The second kappa shape index (κ2) is 5.83. The number of carbonyl (C=O) groups is 1. The number of nitrogens with one attached hydrogen (secondary N) is 1. The molecule has 1 aromatic rings. The minimum absolute atomic E-state index is 0.0839. The molecule has 1 N–H and O–H groups in total. The molecular weight excluding hydrogens is 269 g/mol. The van der Waals surface area contributed by atoms with Crippen LogP contribution in [0.2, 0.25) is 0 Å². The van der Waals surface area contributed by atoms with Crippen molar-refractivity contribution in [2.24, 2.45) is 0 Å². The molecule has 20 heavy (non-hydrogen) atoms. The highest BCUT2D eigenvalue weighted by molar-refractivity contribution is 5.81.